The number of phenols is 1. The summed E-state index contributed by atoms with van der Waals surface area (Å²) in [7, 11) is 0. The van der Waals surface area contributed by atoms with Crippen LogP contribution in [0.25, 0.3) is 11.3 Å². The molecule has 1 aromatic heterocycles. The first-order valence-corrected chi connectivity index (χ1v) is 14.7. The van der Waals surface area contributed by atoms with E-state index in [1.54, 1.807) is 25.1 Å². The van der Waals surface area contributed by atoms with Crippen molar-refractivity contribution < 1.29 is 24.2 Å². The summed E-state index contributed by atoms with van der Waals surface area (Å²) in [6.07, 6.45) is 3.17. The van der Waals surface area contributed by atoms with E-state index in [-0.39, 0.29) is 40.1 Å². The van der Waals surface area contributed by atoms with Crippen molar-refractivity contribution in [1.29, 1.82) is 0 Å². The molecular weight excluding hydrogens is 548 g/mol. The van der Waals surface area contributed by atoms with Crippen LogP contribution in [0.1, 0.15) is 62.7 Å². The van der Waals surface area contributed by atoms with Gasteiger partial charge in [-0.3, -0.25) is 10.2 Å². The highest BCUT2D eigenvalue weighted by molar-refractivity contribution is 6.71. The Balaban J connectivity index is 0.000000440. The second-order valence-corrected chi connectivity index (χ2v) is 9.77. The minimum Gasteiger partial charge on any atom is -0.505 e. The number of fused-ring (bicyclic) bond motifs is 1. The summed E-state index contributed by atoms with van der Waals surface area (Å²) in [5.41, 5.74) is 7.06. The lowest BCUT2D eigenvalue weighted by Gasteiger charge is -2.13. The number of para-hydroxylation sites is 1. The first kappa shape index (κ1) is 33.0. The van der Waals surface area contributed by atoms with Crippen molar-refractivity contribution in [2.75, 3.05) is 36.6 Å². The Hall–Kier alpha value is -4.48. The van der Waals surface area contributed by atoms with Crippen LogP contribution in [0.4, 0.5) is 11.4 Å². The number of hydrogen-bond acceptors (Lipinski definition) is 9. The fourth-order valence-corrected chi connectivity index (χ4v) is 4.54. The predicted molar refractivity (Wildman–Crippen MR) is 171 cm³/mol. The molecule has 0 fully saturated rings. The van der Waals surface area contributed by atoms with Gasteiger partial charge in [-0.2, -0.15) is 15.2 Å². The largest absolute Gasteiger partial charge is 0.505 e. The highest BCUT2D eigenvalue weighted by Crippen LogP contribution is 2.36. The molecule has 1 aliphatic carbocycles. The van der Waals surface area contributed by atoms with Crippen molar-refractivity contribution >= 4 is 34.7 Å². The van der Waals surface area contributed by atoms with Gasteiger partial charge in [0.2, 0.25) is 5.76 Å². The minimum absolute atomic E-state index is 0.131. The molecule has 0 saturated carbocycles. The van der Waals surface area contributed by atoms with E-state index in [2.05, 4.69) is 54.0 Å². The van der Waals surface area contributed by atoms with Crippen LogP contribution in [0.3, 0.4) is 0 Å². The van der Waals surface area contributed by atoms with Crippen molar-refractivity contribution in [1.82, 2.24) is 10.6 Å². The molecule has 43 heavy (non-hydrogen) atoms. The number of nitrogens with one attached hydrogen (secondary N) is 3. The van der Waals surface area contributed by atoms with Gasteiger partial charge in [0.15, 0.2) is 11.5 Å². The summed E-state index contributed by atoms with van der Waals surface area (Å²) < 4.78 is 5.27. The van der Waals surface area contributed by atoms with E-state index in [1.807, 2.05) is 18.2 Å². The quantitative estimate of drug-likeness (QED) is 0.167. The molecule has 0 unspecified atom stereocenters. The van der Waals surface area contributed by atoms with Gasteiger partial charge in [0.1, 0.15) is 5.76 Å². The lowest BCUT2D eigenvalue weighted by atomic mass is 10.1. The molecule has 0 spiro atoms. The summed E-state index contributed by atoms with van der Waals surface area (Å²) in [6.45, 7) is 14.5. The molecule has 5 rings (SSSR count). The maximum Gasteiger partial charge on any atom is 0.371 e. The lowest BCUT2D eigenvalue weighted by Crippen LogP contribution is -2.28. The molecule has 2 heterocycles. The number of aromatic hydroxyl groups is 1. The van der Waals surface area contributed by atoms with Gasteiger partial charge < -0.3 is 25.3 Å². The van der Waals surface area contributed by atoms with E-state index >= 15 is 0 Å². The number of anilines is 2. The molecule has 2 aromatic carbocycles. The summed E-state index contributed by atoms with van der Waals surface area (Å²) >= 11 is 0. The summed E-state index contributed by atoms with van der Waals surface area (Å²) in [6, 6.07) is 13.5. The standard InChI is InChI=1S/C24H20N4O5.2C4H11N/c1-13-21(23(30)28(27-13)16-9-8-14-4-2-5-15(14)12-16)26-25-18-7-3-6-17(22(18)29)19-10-11-20(33-19)24(31)32;2*1-3-5-4-2/h3,6-12,25,29H,2,4-5H2,1H3,(H,31,32);2*5H,3-4H2,1-2H3. The normalized spacial score (nSPS) is 14.4. The number of carbonyl (C=O) groups is 2. The highest BCUT2D eigenvalue weighted by Gasteiger charge is 2.31. The zero-order valence-corrected chi connectivity index (χ0v) is 25.5. The second kappa shape index (κ2) is 16.2. The number of carbonyl (C=O) groups excluding carboxylic acids is 1. The molecule has 11 heteroatoms. The molecule has 0 saturated heterocycles. The SMILES string of the molecule is CC1=NN(c2ccc3c(c2)CCC3)C(=O)C1=NNc1cccc(-c2ccc(C(=O)O)o2)c1O.CCNCC.CCNCC. The lowest BCUT2D eigenvalue weighted by molar-refractivity contribution is -0.112. The number of hydrazone groups is 2. The first-order chi connectivity index (χ1) is 20.7. The molecule has 1 aliphatic heterocycles. The molecule has 0 radical (unpaired) electrons. The van der Waals surface area contributed by atoms with E-state index in [4.69, 9.17) is 9.52 Å². The van der Waals surface area contributed by atoms with Crippen LogP contribution < -0.4 is 21.1 Å². The van der Waals surface area contributed by atoms with Gasteiger partial charge in [0, 0.05) is 0 Å². The smallest absolute Gasteiger partial charge is 0.371 e. The van der Waals surface area contributed by atoms with Crippen molar-refractivity contribution in [3.8, 4) is 17.1 Å². The zero-order valence-electron chi connectivity index (χ0n) is 25.5. The third-order valence-corrected chi connectivity index (χ3v) is 6.72. The molecule has 0 atom stereocenters. The Morgan fingerprint density at radius 2 is 1.65 bits per heavy atom. The Bertz CT molecular complexity index is 1450. The number of aromatic carboxylic acids is 1. The molecule has 2 aliphatic rings. The number of carboxylic acid groups (broad SMARTS) is 1. The number of nitrogens with zero attached hydrogens (tertiary/aromatic N) is 3. The van der Waals surface area contributed by atoms with Crippen LogP contribution in [-0.4, -0.2) is 59.7 Å². The van der Waals surface area contributed by atoms with Crippen LogP contribution in [-0.2, 0) is 17.6 Å². The summed E-state index contributed by atoms with van der Waals surface area (Å²) in [5, 5.41) is 35.8. The molecule has 3 aromatic rings. The maximum atomic E-state index is 13.0. The number of amides is 1. The zero-order chi connectivity index (χ0) is 31.4. The number of rotatable bonds is 9. The van der Waals surface area contributed by atoms with Crippen molar-refractivity contribution in [3.63, 3.8) is 0 Å². The minimum atomic E-state index is -1.20. The van der Waals surface area contributed by atoms with Gasteiger partial charge in [-0.15, -0.1) is 0 Å². The predicted octanol–water partition coefficient (Wildman–Crippen LogP) is 5.26. The topological polar surface area (TPSA) is 152 Å². The van der Waals surface area contributed by atoms with E-state index in [0.29, 0.717) is 11.4 Å². The molecule has 11 nitrogen and oxygen atoms in total. The monoisotopic (exact) mass is 590 g/mol. The summed E-state index contributed by atoms with van der Waals surface area (Å²) in [4.78, 5) is 24.0. The van der Waals surface area contributed by atoms with Crippen LogP contribution in [0.2, 0.25) is 0 Å². The van der Waals surface area contributed by atoms with Crippen LogP contribution in [0.5, 0.6) is 5.75 Å². The number of carboxylic acids is 1. The van der Waals surface area contributed by atoms with Gasteiger partial charge >= 0.3 is 11.9 Å². The van der Waals surface area contributed by atoms with Crippen LogP contribution >= 0.6 is 0 Å². The van der Waals surface area contributed by atoms with E-state index in [9.17, 15) is 14.7 Å². The van der Waals surface area contributed by atoms with Gasteiger partial charge in [0.25, 0.3) is 0 Å². The third-order valence-electron chi connectivity index (χ3n) is 6.72. The van der Waals surface area contributed by atoms with Crippen molar-refractivity contribution in [2.45, 2.75) is 53.9 Å². The molecule has 1 amide bonds. The van der Waals surface area contributed by atoms with Gasteiger partial charge in [-0.25, -0.2) is 4.79 Å². The molecular formula is C32H42N6O5. The van der Waals surface area contributed by atoms with E-state index in [1.165, 1.54) is 28.3 Å². The van der Waals surface area contributed by atoms with Gasteiger partial charge in [0.05, 0.1) is 22.6 Å². The maximum absolute atomic E-state index is 13.0. The Morgan fingerprint density at radius 1 is 0.977 bits per heavy atom. The number of benzene rings is 2. The van der Waals surface area contributed by atoms with Gasteiger partial charge in [-0.05, 0) is 99.9 Å². The van der Waals surface area contributed by atoms with Gasteiger partial charge in [-0.1, -0.05) is 39.8 Å². The number of aryl methyl sites for hydroxylation is 2. The fraction of sp³-hybridized carbons (Fsp3) is 0.375. The Morgan fingerprint density at radius 3 is 2.26 bits per heavy atom. The molecule has 5 N–H and O–H groups in total. The fourth-order valence-electron chi connectivity index (χ4n) is 4.54. The van der Waals surface area contributed by atoms with E-state index in [0.717, 1.165) is 45.4 Å². The average molecular weight is 591 g/mol. The van der Waals surface area contributed by atoms with Crippen LogP contribution in [0, 0.1) is 0 Å². The van der Waals surface area contributed by atoms with Crippen LogP contribution in [0.15, 0.2) is 63.2 Å². The number of phenolic OH excluding ortho intramolecular Hbond substituents is 1. The van der Waals surface area contributed by atoms with Crippen molar-refractivity contribution in [3.05, 3.63) is 65.4 Å². The highest BCUT2D eigenvalue weighted by atomic mass is 16.4. The second-order valence-electron chi connectivity index (χ2n) is 9.77. The average Bonchev–Trinajstić information content (AvgIpc) is 3.73. The molecule has 230 valence electrons. The number of hydrogen-bond donors (Lipinski definition) is 5. The Kier molecular flexibility index (Phi) is 12.5. The van der Waals surface area contributed by atoms with E-state index < -0.39 is 5.97 Å². The van der Waals surface area contributed by atoms with Crippen molar-refractivity contribution in [2.24, 2.45) is 10.2 Å². The Labute approximate surface area is 252 Å². The summed E-state index contributed by atoms with van der Waals surface area (Å²) in [5.74, 6) is -1.81. The number of furan rings is 1. The third kappa shape index (κ3) is 8.52. The molecule has 0 bridgehead atoms. The first-order valence-electron chi connectivity index (χ1n) is 14.7.